The highest BCUT2D eigenvalue weighted by atomic mass is 32.1. The van der Waals surface area contributed by atoms with Crippen LogP contribution in [0, 0.1) is 17.1 Å². The van der Waals surface area contributed by atoms with Gasteiger partial charge in [-0.05, 0) is 36.5 Å². The zero-order valence-electron chi connectivity index (χ0n) is 10.8. The monoisotopic (exact) mass is 287 g/mol. The van der Waals surface area contributed by atoms with Crippen molar-refractivity contribution in [2.75, 3.05) is 11.1 Å². The van der Waals surface area contributed by atoms with Gasteiger partial charge in [0.1, 0.15) is 16.8 Å². The number of benzene rings is 1. The average Bonchev–Trinajstić information content (AvgIpc) is 3.21. The summed E-state index contributed by atoms with van der Waals surface area (Å²) in [5.41, 5.74) is 8.59. The number of hydrogen-bond donors (Lipinski definition) is 2. The molecule has 1 aromatic heterocycles. The Kier molecular flexibility index (Phi) is 3.33. The molecule has 1 aliphatic rings. The van der Waals surface area contributed by atoms with Crippen molar-refractivity contribution in [3.8, 4) is 6.07 Å². The number of anilines is 2. The smallest absolute Gasteiger partial charge is 0.130 e. The normalized spacial score (nSPS) is 14.0. The third-order valence-corrected chi connectivity index (χ3v) is 4.50. The lowest BCUT2D eigenvalue weighted by Gasteiger charge is -2.07. The third-order valence-electron chi connectivity index (χ3n) is 3.41. The number of nitrogen functional groups attached to an aromatic ring is 1. The predicted octanol–water partition coefficient (Wildman–Crippen LogP) is 3.83. The number of hydrogen-bond acceptors (Lipinski definition) is 4. The zero-order chi connectivity index (χ0) is 14.1. The van der Waals surface area contributed by atoms with Crippen molar-refractivity contribution in [1.29, 1.82) is 5.26 Å². The molecule has 0 atom stereocenters. The molecule has 0 amide bonds. The molecule has 5 heteroatoms. The fourth-order valence-electron chi connectivity index (χ4n) is 2.28. The van der Waals surface area contributed by atoms with Crippen LogP contribution in [0.4, 0.5) is 15.1 Å². The van der Waals surface area contributed by atoms with E-state index in [-0.39, 0.29) is 5.82 Å². The van der Waals surface area contributed by atoms with E-state index in [1.165, 1.54) is 23.5 Å². The Morgan fingerprint density at radius 2 is 2.25 bits per heavy atom. The molecule has 3 rings (SSSR count). The molecule has 0 unspecified atom stereocenters. The first-order valence-electron chi connectivity index (χ1n) is 6.49. The van der Waals surface area contributed by atoms with Gasteiger partial charge in [-0.1, -0.05) is 12.1 Å². The van der Waals surface area contributed by atoms with Gasteiger partial charge in [-0.15, -0.1) is 11.3 Å². The Morgan fingerprint density at radius 1 is 1.45 bits per heavy atom. The second-order valence-electron chi connectivity index (χ2n) is 4.96. The molecule has 1 heterocycles. The number of nitrogens with zero attached hydrogens (tertiary/aromatic N) is 1. The van der Waals surface area contributed by atoms with Crippen molar-refractivity contribution in [3.05, 3.63) is 46.1 Å². The van der Waals surface area contributed by atoms with Gasteiger partial charge in [0.15, 0.2) is 0 Å². The molecule has 0 saturated heterocycles. The fourth-order valence-corrected chi connectivity index (χ4v) is 3.28. The van der Waals surface area contributed by atoms with Crippen molar-refractivity contribution in [2.24, 2.45) is 0 Å². The highest BCUT2D eigenvalue weighted by Crippen LogP contribution is 2.50. The van der Waals surface area contributed by atoms with Gasteiger partial charge in [0.05, 0.1) is 10.7 Å². The van der Waals surface area contributed by atoms with E-state index in [0.717, 1.165) is 29.0 Å². The molecule has 0 spiro atoms. The Balaban J connectivity index is 1.82. The van der Waals surface area contributed by atoms with Gasteiger partial charge < -0.3 is 11.1 Å². The number of nitriles is 1. The molecule has 0 radical (unpaired) electrons. The molecule has 0 bridgehead atoms. The predicted molar refractivity (Wildman–Crippen MR) is 79.1 cm³/mol. The van der Waals surface area contributed by atoms with E-state index in [1.54, 1.807) is 6.07 Å². The van der Waals surface area contributed by atoms with E-state index in [1.807, 2.05) is 6.07 Å². The maximum atomic E-state index is 13.1. The van der Waals surface area contributed by atoms with Crippen LogP contribution in [0.5, 0.6) is 0 Å². The molecule has 1 aromatic carbocycles. The number of thiophene rings is 1. The first kappa shape index (κ1) is 12.9. The lowest BCUT2D eigenvalue weighted by Crippen LogP contribution is -2.01. The SMILES string of the molecule is N#Cc1sc(NCc2cccc(F)c2)c(C2CC2)c1N. The molecule has 3 N–H and O–H groups in total. The highest BCUT2D eigenvalue weighted by Gasteiger charge is 2.31. The van der Waals surface area contributed by atoms with Gasteiger partial charge in [-0.3, -0.25) is 0 Å². The molecule has 1 fully saturated rings. The summed E-state index contributed by atoms with van der Waals surface area (Å²) in [6.07, 6.45) is 2.25. The standard InChI is InChI=1S/C15H14FN3S/c16-11-3-1-2-9(6-11)8-19-15-13(10-4-5-10)14(18)12(7-17)20-15/h1-3,6,10,19H,4-5,8,18H2. The summed E-state index contributed by atoms with van der Waals surface area (Å²) >= 11 is 1.39. The maximum absolute atomic E-state index is 13.1. The van der Waals surface area contributed by atoms with Gasteiger partial charge in [-0.25, -0.2) is 4.39 Å². The van der Waals surface area contributed by atoms with Crippen molar-refractivity contribution < 1.29 is 4.39 Å². The topological polar surface area (TPSA) is 61.8 Å². The minimum Gasteiger partial charge on any atom is -0.397 e. The minimum atomic E-state index is -0.241. The number of nitrogens with two attached hydrogens (primary N) is 1. The molecule has 1 aliphatic carbocycles. The maximum Gasteiger partial charge on any atom is 0.130 e. The lowest BCUT2D eigenvalue weighted by atomic mass is 10.1. The van der Waals surface area contributed by atoms with Gasteiger partial charge in [0.2, 0.25) is 0 Å². The molecular formula is C15H14FN3S. The van der Waals surface area contributed by atoms with E-state index in [0.29, 0.717) is 23.0 Å². The summed E-state index contributed by atoms with van der Waals surface area (Å²) in [5.74, 6) is 0.235. The van der Waals surface area contributed by atoms with Crippen LogP contribution in [-0.2, 0) is 6.54 Å². The van der Waals surface area contributed by atoms with E-state index < -0.39 is 0 Å². The number of rotatable bonds is 4. The first-order chi connectivity index (χ1) is 9.69. The van der Waals surface area contributed by atoms with E-state index >= 15 is 0 Å². The largest absolute Gasteiger partial charge is 0.397 e. The second-order valence-corrected chi connectivity index (χ2v) is 5.98. The van der Waals surface area contributed by atoms with Crippen LogP contribution in [0.15, 0.2) is 24.3 Å². The molecule has 3 nitrogen and oxygen atoms in total. The Bertz CT molecular complexity index is 683. The van der Waals surface area contributed by atoms with Gasteiger partial charge in [-0.2, -0.15) is 5.26 Å². The van der Waals surface area contributed by atoms with Crippen molar-refractivity contribution in [1.82, 2.24) is 0 Å². The third kappa shape index (κ3) is 2.47. The van der Waals surface area contributed by atoms with Gasteiger partial charge in [0, 0.05) is 12.1 Å². The molecule has 20 heavy (non-hydrogen) atoms. The van der Waals surface area contributed by atoms with Crippen LogP contribution in [0.1, 0.15) is 34.8 Å². The quantitative estimate of drug-likeness (QED) is 0.898. The van der Waals surface area contributed by atoms with Crippen molar-refractivity contribution in [2.45, 2.75) is 25.3 Å². The summed E-state index contributed by atoms with van der Waals surface area (Å²) in [6.45, 7) is 0.530. The highest BCUT2D eigenvalue weighted by molar-refractivity contribution is 7.17. The van der Waals surface area contributed by atoms with Gasteiger partial charge >= 0.3 is 0 Å². The average molecular weight is 287 g/mol. The number of nitrogens with one attached hydrogen (secondary N) is 1. The Morgan fingerprint density at radius 3 is 2.90 bits per heavy atom. The molecule has 1 saturated carbocycles. The fraction of sp³-hybridized carbons (Fsp3) is 0.267. The Hall–Kier alpha value is -2.06. The Labute approximate surface area is 120 Å². The van der Waals surface area contributed by atoms with Crippen LogP contribution in [0.25, 0.3) is 0 Å². The van der Waals surface area contributed by atoms with Crippen molar-refractivity contribution in [3.63, 3.8) is 0 Å². The van der Waals surface area contributed by atoms with Crippen LogP contribution in [0.3, 0.4) is 0 Å². The molecule has 0 aliphatic heterocycles. The summed E-state index contributed by atoms with van der Waals surface area (Å²) in [6, 6.07) is 8.63. The summed E-state index contributed by atoms with van der Waals surface area (Å²) in [5, 5.41) is 13.3. The number of halogens is 1. The van der Waals surface area contributed by atoms with E-state index in [4.69, 9.17) is 11.0 Å². The van der Waals surface area contributed by atoms with E-state index in [9.17, 15) is 4.39 Å². The van der Waals surface area contributed by atoms with Crippen molar-refractivity contribution >= 4 is 22.0 Å². The van der Waals surface area contributed by atoms with Crippen LogP contribution < -0.4 is 11.1 Å². The molecular weight excluding hydrogens is 273 g/mol. The van der Waals surface area contributed by atoms with Crippen LogP contribution in [0.2, 0.25) is 0 Å². The van der Waals surface area contributed by atoms with Gasteiger partial charge in [0.25, 0.3) is 0 Å². The lowest BCUT2D eigenvalue weighted by molar-refractivity contribution is 0.626. The first-order valence-corrected chi connectivity index (χ1v) is 7.31. The second kappa shape index (κ2) is 5.14. The summed E-state index contributed by atoms with van der Waals surface area (Å²) in [7, 11) is 0. The van der Waals surface area contributed by atoms with Crippen LogP contribution in [-0.4, -0.2) is 0 Å². The van der Waals surface area contributed by atoms with Crippen LogP contribution >= 0.6 is 11.3 Å². The summed E-state index contributed by atoms with van der Waals surface area (Å²) < 4.78 is 13.1. The molecule has 102 valence electrons. The summed E-state index contributed by atoms with van der Waals surface area (Å²) in [4.78, 5) is 0.564. The van der Waals surface area contributed by atoms with E-state index in [2.05, 4.69) is 11.4 Å². The minimum absolute atomic E-state index is 0.241. The zero-order valence-corrected chi connectivity index (χ0v) is 11.6. The molecule has 2 aromatic rings.